The van der Waals surface area contributed by atoms with Gasteiger partial charge in [-0.1, -0.05) is 0 Å². The van der Waals surface area contributed by atoms with E-state index in [1.54, 1.807) is 0 Å². The van der Waals surface area contributed by atoms with Gasteiger partial charge in [0.25, 0.3) is 0 Å². The fraction of sp³-hybridized carbons (Fsp3) is 1.00. The van der Waals surface area contributed by atoms with Crippen LogP contribution in [0.3, 0.4) is 0 Å². The Labute approximate surface area is 62.2 Å². The molecule has 0 radical (unpaired) electrons. The maximum absolute atomic E-state index is 8.58. The van der Waals surface area contributed by atoms with Gasteiger partial charge in [-0.3, -0.25) is 0 Å². The van der Waals surface area contributed by atoms with Crippen molar-refractivity contribution in [3.8, 4) is 0 Å². The lowest BCUT2D eigenvalue weighted by molar-refractivity contribution is -0.0301. The molecule has 0 heterocycles. The summed E-state index contributed by atoms with van der Waals surface area (Å²) in [7, 11) is 0. The van der Waals surface area contributed by atoms with Crippen LogP contribution >= 0.6 is 0 Å². The molecule has 0 saturated heterocycles. The first-order valence-electron chi connectivity index (χ1n) is 4.09. The molecule has 1 aliphatic rings. The van der Waals surface area contributed by atoms with Crippen molar-refractivity contribution in [2.75, 3.05) is 13.2 Å². The van der Waals surface area contributed by atoms with Gasteiger partial charge in [-0.2, -0.15) is 0 Å². The Kier molecular flexibility index (Phi) is 3.16. The van der Waals surface area contributed by atoms with Gasteiger partial charge in [-0.05, 0) is 32.1 Å². The molecule has 0 bridgehead atoms. The van der Waals surface area contributed by atoms with E-state index in [2.05, 4.69) is 0 Å². The largest absolute Gasteiger partial charge is 0.396 e. The third kappa shape index (κ3) is 1.96. The van der Waals surface area contributed by atoms with Crippen LogP contribution in [-0.4, -0.2) is 24.4 Å². The first kappa shape index (κ1) is 8.02. The highest BCUT2D eigenvalue weighted by Crippen LogP contribution is 2.32. The molecule has 1 fully saturated rings. The van der Waals surface area contributed by atoms with E-state index in [1.807, 2.05) is 6.92 Å². The molecule has 1 N–H and O–H groups in total. The van der Waals surface area contributed by atoms with Gasteiger partial charge in [0, 0.05) is 13.2 Å². The van der Waals surface area contributed by atoms with E-state index in [-0.39, 0.29) is 0 Å². The highest BCUT2D eigenvalue weighted by Gasteiger charge is 2.28. The van der Waals surface area contributed by atoms with Crippen molar-refractivity contribution in [3.05, 3.63) is 0 Å². The number of rotatable bonds is 4. The standard InChI is InChI=1S/C8H16O2/c1-2-10-8-5-7(6-8)3-4-9/h7-9H,2-6H2,1H3. The maximum Gasteiger partial charge on any atom is 0.0580 e. The summed E-state index contributed by atoms with van der Waals surface area (Å²) in [5.41, 5.74) is 0. The molecule has 0 unspecified atom stereocenters. The summed E-state index contributed by atoms with van der Waals surface area (Å²) >= 11 is 0. The summed E-state index contributed by atoms with van der Waals surface area (Å²) in [5, 5.41) is 8.58. The van der Waals surface area contributed by atoms with Crippen molar-refractivity contribution < 1.29 is 9.84 Å². The number of aliphatic hydroxyl groups is 1. The molecule has 60 valence electrons. The van der Waals surface area contributed by atoms with Crippen LogP contribution in [0.1, 0.15) is 26.2 Å². The fourth-order valence-electron chi connectivity index (χ4n) is 1.46. The van der Waals surface area contributed by atoms with Gasteiger partial charge in [-0.25, -0.2) is 0 Å². The first-order valence-corrected chi connectivity index (χ1v) is 4.09. The van der Waals surface area contributed by atoms with Crippen molar-refractivity contribution in [1.82, 2.24) is 0 Å². The zero-order valence-corrected chi connectivity index (χ0v) is 6.55. The maximum atomic E-state index is 8.58. The average molecular weight is 144 g/mol. The molecule has 0 aromatic carbocycles. The van der Waals surface area contributed by atoms with Gasteiger partial charge in [0.15, 0.2) is 0 Å². The predicted molar refractivity (Wildman–Crippen MR) is 39.8 cm³/mol. The molecule has 10 heavy (non-hydrogen) atoms. The Morgan fingerprint density at radius 2 is 2.20 bits per heavy atom. The molecule has 1 aliphatic carbocycles. The van der Waals surface area contributed by atoms with Gasteiger partial charge in [0.1, 0.15) is 0 Å². The second-order valence-electron chi connectivity index (χ2n) is 2.93. The third-order valence-electron chi connectivity index (χ3n) is 2.13. The molecule has 0 amide bonds. The molecule has 1 rings (SSSR count). The molecular weight excluding hydrogens is 128 g/mol. The normalized spacial score (nSPS) is 31.8. The van der Waals surface area contributed by atoms with Crippen molar-refractivity contribution in [3.63, 3.8) is 0 Å². The summed E-state index contributed by atoms with van der Waals surface area (Å²) in [6, 6.07) is 0. The van der Waals surface area contributed by atoms with Crippen LogP contribution < -0.4 is 0 Å². The van der Waals surface area contributed by atoms with Crippen molar-refractivity contribution in [2.24, 2.45) is 5.92 Å². The zero-order chi connectivity index (χ0) is 7.40. The van der Waals surface area contributed by atoms with Crippen LogP contribution in [-0.2, 0) is 4.74 Å². The van der Waals surface area contributed by atoms with E-state index in [0.717, 1.165) is 31.8 Å². The summed E-state index contributed by atoms with van der Waals surface area (Å²) in [6.07, 6.45) is 3.79. The topological polar surface area (TPSA) is 29.5 Å². The van der Waals surface area contributed by atoms with E-state index in [9.17, 15) is 0 Å². The van der Waals surface area contributed by atoms with Crippen LogP contribution in [0.25, 0.3) is 0 Å². The Morgan fingerprint density at radius 3 is 2.70 bits per heavy atom. The van der Waals surface area contributed by atoms with Crippen molar-refractivity contribution >= 4 is 0 Å². The Bertz CT molecular complexity index is 77.3. The van der Waals surface area contributed by atoms with E-state index in [4.69, 9.17) is 9.84 Å². The molecule has 0 aliphatic heterocycles. The molecule has 0 aromatic heterocycles. The van der Waals surface area contributed by atoms with Crippen LogP contribution in [0.4, 0.5) is 0 Å². The zero-order valence-electron chi connectivity index (χ0n) is 6.55. The van der Waals surface area contributed by atoms with Gasteiger partial charge >= 0.3 is 0 Å². The number of hydrogen-bond acceptors (Lipinski definition) is 2. The first-order chi connectivity index (χ1) is 4.86. The number of aliphatic hydroxyl groups excluding tert-OH is 1. The smallest absolute Gasteiger partial charge is 0.0580 e. The summed E-state index contributed by atoms with van der Waals surface area (Å²) in [6.45, 7) is 3.19. The minimum absolute atomic E-state index is 0.337. The molecule has 0 spiro atoms. The number of hydrogen-bond donors (Lipinski definition) is 1. The highest BCUT2D eigenvalue weighted by atomic mass is 16.5. The summed E-state index contributed by atoms with van der Waals surface area (Å²) < 4.78 is 5.37. The van der Waals surface area contributed by atoms with Gasteiger partial charge in [0.05, 0.1) is 6.10 Å². The molecule has 2 nitrogen and oxygen atoms in total. The van der Waals surface area contributed by atoms with E-state index < -0.39 is 0 Å². The second kappa shape index (κ2) is 3.94. The Hall–Kier alpha value is -0.0800. The summed E-state index contributed by atoms with van der Waals surface area (Å²) in [5.74, 6) is 0.738. The fourth-order valence-corrected chi connectivity index (χ4v) is 1.46. The monoisotopic (exact) mass is 144 g/mol. The predicted octanol–water partition coefficient (Wildman–Crippen LogP) is 1.18. The average Bonchev–Trinajstić information content (AvgIpc) is 1.84. The minimum atomic E-state index is 0.337. The summed E-state index contributed by atoms with van der Waals surface area (Å²) in [4.78, 5) is 0. The minimum Gasteiger partial charge on any atom is -0.396 e. The van der Waals surface area contributed by atoms with Crippen LogP contribution in [0, 0.1) is 5.92 Å². The number of ether oxygens (including phenoxy) is 1. The van der Waals surface area contributed by atoms with Crippen molar-refractivity contribution in [2.45, 2.75) is 32.3 Å². The van der Waals surface area contributed by atoms with E-state index in [1.165, 1.54) is 0 Å². The SMILES string of the molecule is CCOC1CC(CCO)C1. The lowest BCUT2D eigenvalue weighted by atomic mass is 9.80. The van der Waals surface area contributed by atoms with Crippen molar-refractivity contribution in [1.29, 1.82) is 0 Å². The van der Waals surface area contributed by atoms with E-state index in [0.29, 0.717) is 12.7 Å². The highest BCUT2D eigenvalue weighted by molar-refractivity contribution is 4.79. The van der Waals surface area contributed by atoms with Gasteiger partial charge in [0.2, 0.25) is 0 Å². The van der Waals surface area contributed by atoms with E-state index >= 15 is 0 Å². The molecular formula is C8H16O2. The molecule has 1 saturated carbocycles. The van der Waals surface area contributed by atoms with Crippen LogP contribution in [0.15, 0.2) is 0 Å². The van der Waals surface area contributed by atoms with Gasteiger partial charge in [-0.15, -0.1) is 0 Å². The van der Waals surface area contributed by atoms with Crippen LogP contribution in [0.2, 0.25) is 0 Å². The quantitative estimate of drug-likeness (QED) is 0.642. The lowest BCUT2D eigenvalue weighted by Gasteiger charge is -2.34. The Balaban J connectivity index is 1.95. The van der Waals surface area contributed by atoms with Gasteiger partial charge < -0.3 is 9.84 Å². The molecule has 0 atom stereocenters. The lowest BCUT2D eigenvalue weighted by Crippen LogP contribution is -2.31. The second-order valence-corrected chi connectivity index (χ2v) is 2.93. The third-order valence-corrected chi connectivity index (χ3v) is 2.13. The molecule has 2 heteroatoms. The Morgan fingerprint density at radius 1 is 1.50 bits per heavy atom. The van der Waals surface area contributed by atoms with Crippen LogP contribution in [0.5, 0.6) is 0 Å². The molecule has 0 aromatic rings.